The first-order valence-electron chi connectivity index (χ1n) is 9.86. The first kappa shape index (κ1) is 20.1. The normalized spacial score (nSPS) is 12.1. The molecule has 0 aliphatic carbocycles. The van der Waals surface area contributed by atoms with Crippen molar-refractivity contribution in [3.05, 3.63) is 79.5 Å². The highest BCUT2D eigenvalue weighted by molar-refractivity contribution is 7.92. The Morgan fingerprint density at radius 3 is 2.41 bits per heavy atom. The number of fused-ring (bicyclic) bond motifs is 1. The third-order valence-corrected chi connectivity index (χ3v) is 6.21. The molecule has 2 aromatic carbocycles. The highest BCUT2D eigenvalue weighted by Crippen LogP contribution is 2.29. The van der Waals surface area contributed by atoms with E-state index in [4.69, 9.17) is 4.74 Å². The Morgan fingerprint density at radius 2 is 1.72 bits per heavy atom. The van der Waals surface area contributed by atoms with Crippen LogP contribution >= 0.6 is 0 Å². The Kier molecular flexibility index (Phi) is 5.26. The molecule has 0 saturated carbocycles. The lowest BCUT2D eigenvalue weighted by Gasteiger charge is -2.12. The van der Waals surface area contributed by atoms with E-state index in [0.717, 1.165) is 39.3 Å². The largest absolute Gasteiger partial charge is 0.588 e. The van der Waals surface area contributed by atoms with Gasteiger partial charge in [-0.05, 0) is 42.5 Å². The lowest BCUT2D eigenvalue weighted by atomic mass is 10.1. The van der Waals surface area contributed by atoms with Crippen LogP contribution in [-0.4, -0.2) is 36.0 Å². The topological polar surface area (TPSA) is 92.3 Å². The molecule has 0 spiro atoms. The lowest BCUT2D eigenvalue weighted by molar-refractivity contribution is 0.414. The maximum atomic E-state index is 12.6. The lowest BCUT2D eigenvalue weighted by Crippen LogP contribution is -2.12. The number of rotatable bonds is 6. The fourth-order valence-electron chi connectivity index (χ4n) is 3.44. The van der Waals surface area contributed by atoms with Crippen LogP contribution in [0.3, 0.4) is 0 Å². The van der Waals surface area contributed by atoms with Crippen LogP contribution in [-0.2, 0) is 18.4 Å². The summed E-state index contributed by atoms with van der Waals surface area (Å²) in [6.07, 6.45) is 7.29. The van der Waals surface area contributed by atoms with E-state index >= 15 is 0 Å². The molecule has 5 rings (SSSR count). The summed E-state index contributed by atoms with van der Waals surface area (Å²) in [5, 5.41) is 8.58. The zero-order valence-corrected chi connectivity index (χ0v) is 18.3. The zero-order chi connectivity index (χ0) is 22.1. The summed E-state index contributed by atoms with van der Waals surface area (Å²) in [6.45, 7) is 0. The monoisotopic (exact) mass is 444 g/mol. The van der Waals surface area contributed by atoms with Gasteiger partial charge in [0.1, 0.15) is 23.4 Å². The Balaban J connectivity index is 1.39. The highest BCUT2D eigenvalue weighted by Gasteiger charge is 2.14. The van der Waals surface area contributed by atoms with Crippen LogP contribution in [0.15, 0.2) is 84.4 Å². The number of hydrogen-bond donors (Lipinski definition) is 1. The molecule has 0 bridgehead atoms. The van der Waals surface area contributed by atoms with Gasteiger partial charge in [-0.15, -0.1) is 0 Å². The Labute approximate surface area is 187 Å². The number of nitrogens with one attached hydrogen (secondary N) is 1. The number of methoxy groups -OCH3 is 1. The predicted octanol–water partition coefficient (Wildman–Crippen LogP) is 3.94. The van der Waals surface area contributed by atoms with Crippen LogP contribution in [0.5, 0.6) is 5.75 Å². The SMILES string of the molecule is COc1ccc([S+]([O-])Nc2ccc(-c3ncnn4cc(-c5cnn(C)c5)cc34)cc2)cc1. The van der Waals surface area contributed by atoms with Gasteiger partial charge in [-0.3, -0.25) is 4.68 Å². The van der Waals surface area contributed by atoms with E-state index in [1.54, 1.807) is 42.4 Å². The predicted molar refractivity (Wildman–Crippen MR) is 124 cm³/mol. The molecule has 8 nitrogen and oxygen atoms in total. The number of anilines is 1. The van der Waals surface area contributed by atoms with E-state index in [-0.39, 0.29) is 0 Å². The Bertz CT molecular complexity index is 1360. The summed E-state index contributed by atoms with van der Waals surface area (Å²) in [6, 6.07) is 16.9. The quantitative estimate of drug-likeness (QED) is 0.399. The number of aryl methyl sites for hydroxylation is 1. The molecule has 0 radical (unpaired) electrons. The summed E-state index contributed by atoms with van der Waals surface area (Å²) in [5.41, 5.74) is 5.44. The van der Waals surface area contributed by atoms with Crippen LogP contribution in [0, 0.1) is 0 Å². The van der Waals surface area contributed by atoms with Crippen molar-refractivity contribution >= 4 is 22.6 Å². The van der Waals surface area contributed by atoms with Gasteiger partial charge in [-0.1, -0.05) is 12.1 Å². The summed E-state index contributed by atoms with van der Waals surface area (Å²) in [4.78, 5) is 5.17. The fourth-order valence-corrected chi connectivity index (χ4v) is 4.29. The first-order valence-corrected chi connectivity index (χ1v) is 11.0. The van der Waals surface area contributed by atoms with Crippen LogP contribution in [0.2, 0.25) is 0 Å². The van der Waals surface area contributed by atoms with Gasteiger partial charge in [0.2, 0.25) is 0 Å². The van der Waals surface area contributed by atoms with E-state index in [9.17, 15) is 4.55 Å². The minimum absolute atomic E-state index is 0.670. The average Bonchev–Trinajstić information content (AvgIpc) is 3.45. The number of hydrogen-bond acceptors (Lipinski definition) is 6. The number of aromatic nitrogens is 5. The first-order chi connectivity index (χ1) is 15.6. The van der Waals surface area contributed by atoms with Gasteiger partial charge >= 0.3 is 0 Å². The molecule has 0 fully saturated rings. The Morgan fingerprint density at radius 1 is 0.938 bits per heavy atom. The molecule has 5 aromatic rings. The van der Waals surface area contributed by atoms with Gasteiger partial charge in [0.15, 0.2) is 4.90 Å². The van der Waals surface area contributed by atoms with E-state index in [2.05, 4.69) is 26.0 Å². The summed E-state index contributed by atoms with van der Waals surface area (Å²) in [5.74, 6) is 0.725. The van der Waals surface area contributed by atoms with Crippen molar-refractivity contribution < 1.29 is 9.29 Å². The molecule has 0 aliphatic rings. The van der Waals surface area contributed by atoms with Gasteiger partial charge in [0.25, 0.3) is 0 Å². The van der Waals surface area contributed by atoms with E-state index in [1.807, 2.05) is 54.4 Å². The maximum Gasteiger partial charge on any atom is 0.180 e. The zero-order valence-electron chi connectivity index (χ0n) is 17.5. The Hall–Kier alpha value is -3.82. The molecule has 160 valence electrons. The van der Waals surface area contributed by atoms with E-state index in [1.165, 1.54) is 0 Å². The van der Waals surface area contributed by atoms with Crippen molar-refractivity contribution in [2.24, 2.45) is 7.05 Å². The number of benzene rings is 2. The molecule has 0 saturated heterocycles. The molecule has 1 atom stereocenters. The van der Waals surface area contributed by atoms with Crippen LogP contribution in [0.4, 0.5) is 5.69 Å². The summed E-state index contributed by atoms with van der Waals surface area (Å²) < 4.78 is 24.4. The molecule has 1 unspecified atom stereocenters. The van der Waals surface area contributed by atoms with Crippen molar-refractivity contribution in [3.8, 4) is 28.1 Å². The van der Waals surface area contributed by atoms with Crippen LogP contribution in [0.1, 0.15) is 0 Å². The molecule has 3 aromatic heterocycles. The second-order valence-corrected chi connectivity index (χ2v) is 8.41. The van der Waals surface area contributed by atoms with Crippen LogP contribution in [0.25, 0.3) is 27.9 Å². The number of nitrogens with zero attached hydrogens (tertiary/aromatic N) is 5. The molecule has 32 heavy (non-hydrogen) atoms. The molecular formula is C23H20N6O2S. The third-order valence-electron chi connectivity index (χ3n) is 5.09. The smallest absolute Gasteiger partial charge is 0.180 e. The van der Waals surface area contributed by atoms with Gasteiger partial charge in [0.05, 0.1) is 30.2 Å². The van der Waals surface area contributed by atoms with Crippen LogP contribution < -0.4 is 9.46 Å². The maximum absolute atomic E-state index is 12.6. The van der Waals surface area contributed by atoms with Gasteiger partial charge in [-0.25, -0.2) is 14.2 Å². The minimum Gasteiger partial charge on any atom is -0.588 e. The second kappa shape index (κ2) is 8.37. The van der Waals surface area contributed by atoms with E-state index in [0.29, 0.717) is 4.90 Å². The van der Waals surface area contributed by atoms with Crippen molar-refractivity contribution in [1.82, 2.24) is 24.4 Å². The number of ether oxygens (including phenoxy) is 1. The molecular weight excluding hydrogens is 424 g/mol. The van der Waals surface area contributed by atoms with Crippen molar-refractivity contribution in [1.29, 1.82) is 0 Å². The molecule has 3 heterocycles. The second-order valence-electron chi connectivity index (χ2n) is 7.19. The minimum atomic E-state index is -1.38. The highest BCUT2D eigenvalue weighted by atomic mass is 32.2. The molecule has 0 amide bonds. The summed E-state index contributed by atoms with van der Waals surface area (Å²) >= 11 is -1.38. The standard InChI is InChI=1S/C23H20N6O2S/c1-28-13-18(12-25-28)17-11-22-23(24-15-26-29(22)14-17)16-3-5-19(6-4-16)27-32(30)21-9-7-20(31-2)8-10-21/h3-15,27H,1-2H3. The molecule has 9 heteroatoms. The molecule has 1 N–H and O–H groups in total. The average molecular weight is 445 g/mol. The van der Waals surface area contributed by atoms with Gasteiger partial charge in [-0.2, -0.15) is 10.2 Å². The van der Waals surface area contributed by atoms with Gasteiger partial charge in [0, 0.05) is 36.1 Å². The van der Waals surface area contributed by atoms with Crippen molar-refractivity contribution in [3.63, 3.8) is 0 Å². The fraction of sp³-hybridized carbons (Fsp3) is 0.0870. The van der Waals surface area contributed by atoms with Gasteiger partial charge < -0.3 is 9.29 Å². The summed E-state index contributed by atoms with van der Waals surface area (Å²) in [7, 11) is 3.49. The molecule has 0 aliphatic heterocycles. The van der Waals surface area contributed by atoms with Crippen molar-refractivity contribution in [2.45, 2.75) is 4.90 Å². The third kappa shape index (κ3) is 3.91. The van der Waals surface area contributed by atoms with E-state index < -0.39 is 11.4 Å². The van der Waals surface area contributed by atoms with Crippen molar-refractivity contribution in [2.75, 3.05) is 11.8 Å².